The molecule has 0 saturated carbocycles. The van der Waals surface area contributed by atoms with E-state index in [1.54, 1.807) is 12.1 Å². The predicted molar refractivity (Wildman–Crippen MR) is 108 cm³/mol. The van der Waals surface area contributed by atoms with Gasteiger partial charge in [-0.1, -0.05) is 34.8 Å². The molecule has 0 spiro atoms. The van der Waals surface area contributed by atoms with Crippen LogP contribution in [0.1, 0.15) is 5.56 Å². The van der Waals surface area contributed by atoms with E-state index in [1.807, 2.05) is 12.1 Å². The molecule has 0 aliphatic rings. The van der Waals surface area contributed by atoms with E-state index in [9.17, 15) is 9.59 Å². The molecule has 2 rings (SSSR count). The topological polar surface area (TPSA) is 88.0 Å². The number of rotatable bonds is 8. The van der Waals surface area contributed by atoms with E-state index < -0.39 is 12.6 Å². The molecule has 0 bridgehead atoms. The molecule has 10 heteroatoms. The average molecular weight is 448 g/mol. The van der Waals surface area contributed by atoms with Gasteiger partial charge in [-0.15, -0.1) is 11.8 Å². The first-order chi connectivity index (χ1) is 12.8. The zero-order valence-electron chi connectivity index (χ0n) is 13.6. The van der Waals surface area contributed by atoms with Crippen molar-refractivity contribution < 1.29 is 19.4 Å². The Balaban J connectivity index is 1.88. The maximum absolute atomic E-state index is 11.8. The highest BCUT2D eigenvalue weighted by Crippen LogP contribution is 2.33. The van der Waals surface area contributed by atoms with Crippen molar-refractivity contribution in [1.82, 2.24) is 5.43 Å². The number of hydrogen-bond donors (Lipinski definition) is 2. The van der Waals surface area contributed by atoms with Crippen LogP contribution in [0.15, 0.2) is 46.4 Å². The number of carboxylic acid groups (broad SMARTS) is 1. The molecular formula is C17H13Cl3N2O4S. The maximum Gasteiger partial charge on any atom is 0.341 e. The number of carbonyl (C=O) groups is 2. The first-order valence-corrected chi connectivity index (χ1v) is 9.51. The van der Waals surface area contributed by atoms with Gasteiger partial charge in [0, 0.05) is 9.92 Å². The molecule has 0 atom stereocenters. The fourth-order valence-electron chi connectivity index (χ4n) is 1.82. The van der Waals surface area contributed by atoms with Crippen LogP contribution in [0.5, 0.6) is 5.75 Å². The lowest BCUT2D eigenvalue weighted by Gasteiger charge is -2.08. The van der Waals surface area contributed by atoms with Crippen molar-refractivity contribution in [2.24, 2.45) is 5.10 Å². The third-order valence-corrected chi connectivity index (χ3v) is 4.77. The van der Waals surface area contributed by atoms with Crippen LogP contribution in [-0.4, -0.2) is 35.6 Å². The number of carbonyl (C=O) groups excluding carboxylic acids is 1. The number of amides is 1. The normalized spacial score (nSPS) is 10.8. The van der Waals surface area contributed by atoms with E-state index in [2.05, 4.69) is 10.5 Å². The molecule has 0 aliphatic heterocycles. The second-order valence-electron chi connectivity index (χ2n) is 5.03. The van der Waals surface area contributed by atoms with Crippen molar-refractivity contribution in [1.29, 1.82) is 0 Å². The highest BCUT2D eigenvalue weighted by molar-refractivity contribution is 8.00. The number of ether oxygens (including phenoxy) is 1. The van der Waals surface area contributed by atoms with Crippen molar-refractivity contribution in [3.8, 4) is 5.75 Å². The maximum atomic E-state index is 11.8. The second kappa shape index (κ2) is 10.4. The van der Waals surface area contributed by atoms with Crippen LogP contribution < -0.4 is 10.2 Å². The summed E-state index contributed by atoms with van der Waals surface area (Å²) in [5.41, 5.74) is 2.91. The summed E-state index contributed by atoms with van der Waals surface area (Å²) < 4.78 is 5.02. The zero-order valence-corrected chi connectivity index (χ0v) is 16.7. The Labute approximate surface area is 174 Å². The molecule has 6 nitrogen and oxygen atoms in total. The van der Waals surface area contributed by atoms with Gasteiger partial charge in [-0.25, -0.2) is 10.2 Å². The van der Waals surface area contributed by atoms with Crippen molar-refractivity contribution in [3.63, 3.8) is 0 Å². The summed E-state index contributed by atoms with van der Waals surface area (Å²) in [6.45, 7) is -0.561. The van der Waals surface area contributed by atoms with Crippen LogP contribution in [0, 0.1) is 0 Å². The fraction of sp³-hybridized carbons (Fsp3) is 0.118. The molecule has 2 aromatic carbocycles. The summed E-state index contributed by atoms with van der Waals surface area (Å²) in [7, 11) is 0. The van der Waals surface area contributed by atoms with Crippen molar-refractivity contribution in [3.05, 3.63) is 57.0 Å². The predicted octanol–water partition coefficient (Wildman–Crippen LogP) is 4.35. The lowest BCUT2D eigenvalue weighted by atomic mass is 10.2. The number of nitrogens with zero attached hydrogens (tertiary/aromatic N) is 1. The van der Waals surface area contributed by atoms with E-state index in [1.165, 1.54) is 30.1 Å². The van der Waals surface area contributed by atoms with Gasteiger partial charge in [0.15, 0.2) is 12.4 Å². The van der Waals surface area contributed by atoms with Crippen LogP contribution in [0.25, 0.3) is 0 Å². The van der Waals surface area contributed by atoms with E-state index >= 15 is 0 Å². The second-order valence-corrected chi connectivity index (χ2v) is 7.33. The molecule has 142 valence electrons. The van der Waals surface area contributed by atoms with Gasteiger partial charge in [0.2, 0.25) is 5.91 Å². The van der Waals surface area contributed by atoms with Crippen molar-refractivity contribution >= 4 is 64.7 Å². The lowest BCUT2D eigenvalue weighted by Crippen LogP contribution is -2.19. The number of halogens is 3. The zero-order chi connectivity index (χ0) is 19.8. The van der Waals surface area contributed by atoms with E-state index in [0.29, 0.717) is 10.6 Å². The molecule has 0 aliphatic carbocycles. The third-order valence-electron chi connectivity index (χ3n) is 2.95. The van der Waals surface area contributed by atoms with Gasteiger partial charge >= 0.3 is 5.97 Å². The van der Waals surface area contributed by atoms with E-state index in [0.717, 1.165) is 4.90 Å². The summed E-state index contributed by atoms with van der Waals surface area (Å²) in [4.78, 5) is 23.3. The van der Waals surface area contributed by atoms with E-state index in [4.69, 9.17) is 44.6 Å². The Bertz CT molecular complexity index is 837. The van der Waals surface area contributed by atoms with Crippen LogP contribution in [-0.2, 0) is 9.59 Å². The Kier molecular flexibility index (Phi) is 8.24. The first-order valence-electron chi connectivity index (χ1n) is 7.39. The summed E-state index contributed by atoms with van der Waals surface area (Å²) >= 11 is 19.2. The largest absolute Gasteiger partial charge is 0.479 e. The number of thioether (sulfide) groups is 1. The summed E-state index contributed by atoms with van der Waals surface area (Å²) in [5, 5.41) is 13.4. The van der Waals surface area contributed by atoms with Crippen LogP contribution in [0.2, 0.25) is 15.1 Å². The van der Waals surface area contributed by atoms with Gasteiger partial charge in [0.1, 0.15) is 0 Å². The number of hydrazone groups is 1. The molecule has 0 fully saturated rings. The van der Waals surface area contributed by atoms with Crippen LogP contribution in [0.3, 0.4) is 0 Å². The SMILES string of the molecule is O=C(O)COc1c(Cl)cc(/C=N\NC(=O)CSc2ccc(Cl)cc2)cc1Cl. The van der Waals surface area contributed by atoms with Gasteiger partial charge in [-0.3, -0.25) is 4.79 Å². The van der Waals surface area contributed by atoms with Gasteiger partial charge in [-0.05, 0) is 42.0 Å². The minimum Gasteiger partial charge on any atom is -0.479 e. The minimum absolute atomic E-state index is 0.0706. The number of carboxylic acids is 1. The number of nitrogens with one attached hydrogen (secondary N) is 1. The van der Waals surface area contributed by atoms with Gasteiger partial charge in [0.05, 0.1) is 22.0 Å². The van der Waals surface area contributed by atoms with Crippen LogP contribution in [0.4, 0.5) is 0 Å². The minimum atomic E-state index is -1.15. The molecule has 27 heavy (non-hydrogen) atoms. The molecule has 2 aromatic rings. The monoisotopic (exact) mass is 446 g/mol. The van der Waals surface area contributed by atoms with Gasteiger partial charge in [0.25, 0.3) is 0 Å². The first kappa shape index (κ1) is 21.4. The quantitative estimate of drug-likeness (QED) is 0.357. The van der Waals surface area contributed by atoms with Crippen molar-refractivity contribution in [2.45, 2.75) is 4.90 Å². The van der Waals surface area contributed by atoms with Gasteiger partial charge in [-0.2, -0.15) is 5.10 Å². The molecule has 2 N–H and O–H groups in total. The Morgan fingerprint density at radius 1 is 1.15 bits per heavy atom. The molecular weight excluding hydrogens is 435 g/mol. The number of aliphatic carboxylic acids is 1. The summed E-state index contributed by atoms with van der Waals surface area (Å²) in [5.74, 6) is -1.18. The molecule has 0 heterocycles. The smallest absolute Gasteiger partial charge is 0.341 e. The molecule has 1 amide bonds. The average Bonchev–Trinajstić information content (AvgIpc) is 2.60. The Morgan fingerprint density at radius 3 is 2.37 bits per heavy atom. The summed E-state index contributed by atoms with van der Waals surface area (Å²) in [6.07, 6.45) is 1.36. The van der Waals surface area contributed by atoms with Crippen LogP contribution >= 0.6 is 46.6 Å². The number of hydrogen-bond acceptors (Lipinski definition) is 5. The molecule has 0 radical (unpaired) electrons. The molecule has 0 saturated heterocycles. The van der Waals surface area contributed by atoms with E-state index in [-0.39, 0.29) is 27.5 Å². The number of benzene rings is 2. The molecule has 0 aromatic heterocycles. The Morgan fingerprint density at radius 2 is 1.78 bits per heavy atom. The third kappa shape index (κ3) is 7.30. The standard InChI is InChI=1S/C17H13Cl3N2O4S/c18-11-1-3-12(4-2-11)27-9-15(23)22-21-7-10-5-13(19)17(14(20)6-10)26-8-16(24)25/h1-7H,8-9H2,(H,22,23)(H,24,25)/b21-7-. The summed E-state index contributed by atoms with van der Waals surface area (Å²) in [6, 6.07) is 10.1. The highest BCUT2D eigenvalue weighted by Gasteiger charge is 2.11. The highest BCUT2D eigenvalue weighted by atomic mass is 35.5. The fourth-order valence-corrected chi connectivity index (χ4v) is 3.25. The molecule has 0 unspecified atom stereocenters. The lowest BCUT2D eigenvalue weighted by molar-refractivity contribution is -0.139. The van der Waals surface area contributed by atoms with Crippen molar-refractivity contribution in [2.75, 3.05) is 12.4 Å². The van der Waals surface area contributed by atoms with Gasteiger partial charge < -0.3 is 9.84 Å². The Hall–Kier alpha value is -1.93.